The monoisotopic (exact) mass is 275 g/mol. The maximum atomic E-state index is 13.0. The second kappa shape index (κ2) is 2.73. The van der Waals surface area contributed by atoms with Crippen LogP contribution in [0.1, 0.15) is 0 Å². The zero-order valence-corrected chi connectivity index (χ0v) is 8.67. The molecule has 3 heteroatoms. The molecule has 0 aliphatic heterocycles. The van der Waals surface area contributed by atoms with Gasteiger partial charge in [-0.1, -0.05) is 0 Å². The van der Waals surface area contributed by atoms with E-state index >= 15 is 0 Å². The van der Waals surface area contributed by atoms with Crippen molar-refractivity contribution in [3.8, 4) is 0 Å². The molecule has 1 aromatic heterocycles. The summed E-state index contributed by atoms with van der Waals surface area (Å²) in [4.78, 5) is 0. The minimum atomic E-state index is -0.144. The third kappa shape index (κ3) is 1.03. The summed E-state index contributed by atoms with van der Waals surface area (Å²) in [7, 11) is 1.95. The van der Waals surface area contributed by atoms with Crippen LogP contribution in [-0.2, 0) is 7.05 Å². The van der Waals surface area contributed by atoms with Gasteiger partial charge in [0.2, 0.25) is 0 Å². The molecular weight excluding hydrogens is 268 g/mol. The van der Waals surface area contributed by atoms with E-state index < -0.39 is 0 Å². The van der Waals surface area contributed by atoms with Crippen LogP contribution in [0.4, 0.5) is 4.39 Å². The molecule has 1 heterocycles. The van der Waals surface area contributed by atoms with Crippen molar-refractivity contribution in [2.75, 3.05) is 0 Å². The van der Waals surface area contributed by atoms with E-state index in [2.05, 4.69) is 0 Å². The number of hydrogen-bond donors (Lipinski definition) is 0. The Morgan fingerprint density at radius 3 is 2.83 bits per heavy atom. The second-order valence-corrected chi connectivity index (χ2v) is 3.80. The molecule has 0 aliphatic rings. The lowest BCUT2D eigenvalue weighted by molar-refractivity contribution is 0.622. The van der Waals surface area contributed by atoms with Gasteiger partial charge >= 0.3 is 0 Å². The van der Waals surface area contributed by atoms with E-state index in [9.17, 15) is 4.39 Å². The first-order chi connectivity index (χ1) is 5.70. The van der Waals surface area contributed by atoms with Gasteiger partial charge in [0, 0.05) is 24.1 Å². The van der Waals surface area contributed by atoms with Gasteiger partial charge in [0.15, 0.2) is 0 Å². The number of aromatic nitrogens is 1. The summed E-state index contributed by atoms with van der Waals surface area (Å²) in [6.45, 7) is 0. The highest BCUT2D eigenvalue weighted by atomic mass is 127. The summed E-state index contributed by atoms with van der Waals surface area (Å²) in [5.41, 5.74) is 1.07. The first kappa shape index (κ1) is 8.04. The van der Waals surface area contributed by atoms with E-state index in [1.807, 2.05) is 46.5 Å². The van der Waals surface area contributed by atoms with E-state index in [1.165, 1.54) is 6.07 Å². The maximum absolute atomic E-state index is 13.0. The van der Waals surface area contributed by atoms with Crippen molar-refractivity contribution in [3.05, 3.63) is 33.8 Å². The zero-order chi connectivity index (χ0) is 8.72. The van der Waals surface area contributed by atoms with Crippen LogP contribution in [0.15, 0.2) is 24.4 Å². The van der Waals surface area contributed by atoms with E-state index in [-0.39, 0.29) is 5.82 Å². The predicted molar refractivity (Wildman–Crippen MR) is 55.6 cm³/mol. The molecule has 62 valence electrons. The average Bonchev–Trinajstić information content (AvgIpc) is 2.41. The lowest BCUT2D eigenvalue weighted by atomic mass is 10.2. The van der Waals surface area contributed by atoms with Crippen molar-refractivity contribution < 1.29 is 4.39 Å². The lowest BCUT2D eigenvalue weighted by Crippen LogP contribution is -1.86. The van der Waals surface area contributed by atoms with Gasteiger partial charge < -0.3 is 4.57 Å². The molecule has 0 spiro atoms. The smallest absolute Gasteiger partial charge is 0.137 e. The fraction of sp³-hybridized carbons (Fsp3) is 0.111. The minimum absolute atomic E-state index is 0.144. The number of fused-ring (bicyclic) bond motifs is 1. The largest absolute Gasteiger partial charge is 0.351 e. The first-order valence-electron chi connectivity index (χ1n) is 3.59. The number of rotatable bonds is 0. The Labute approximate surface area is 83.3 Å². The topological polar surface area (TPSA) is 4.93 Å². The molecule has 0 saturated heterocycles. The quantitative estimate of drug-likeness (QED) is 0.651. The number of aryl methyl sites for hydroxylation is 1. The molecule has 12 heavy (non-hydrogen) atoms. The Hall–Kier alpha value is -0.580. The van der Waals surface area contributed by atoms with Crippen molar-refractivity contribution in [1.29, 1.82) is 0 Å². The van der Waals surface area contributed by atoms with Gasteiger partial charge in [-0.25, -0.2) is 4.39 Å². The molecule has 0 fully saturated rings. The summed E-state index contributed by atoms with van der Waals surface area (Å²) in [6.07, 6.45) is 1.94. The van der Waals surface area contributed by atoms with Gasteiger partial charge in [-0.3, -0.25) is 0 Å². The van der Waals surface area contributed by atoms with Crippen LogP contribution in [0.2, 0.25) is 0 Å². The normalized spacial score (nSPS) is 10.9. The van der Waals surface area contributed by atoms with Gasteiger partial charge in [-0.05, 0) is 40.8 Å². The summed E-state index contributed by atoms with van der Waals surface area (Å²) >= 11 is 2.03. The Kier molecular flexibility index (Phi) is 1.83. The van der Waals surface area contributed by atoms with Crippen LogP contribution in [0.5, 0.6) is 0 Å². The standard InChI is InChI=1S/C9H7FIN/c1-12-5-4-6-8(12)3-2-7(10)9(6)11/h2-5H,1H3. The minimum Gasteiger partial charge on any atom is -0.351 e. The molecule has 0 radical (unpaired) electrons. The van der Waals surface area contributed by atoms with Crippen LogP contribution in [0.25, 0.3) is 10.9 Å². The Morgan fingerprint density at radius 2 is 2.08 bits per heavy atom. The van der Waals surface area contributed by atoms with Crippen LogP contribution in [0, 0.1) is 9.39 Å². The second-order valence-electron chi connectivity index (χ2n) is 2.72. The van der Waals surface area contributed by atoms with Crippen LogP contribution in [0.3, 0.4) is 0 Å². The van der Waals surface area contributed by atoms with Crippen LogP contribution < -0.4 is 0 Å². The fourth-order valence-electron chi connectivity index (χ4n) is 1.29. The number of benzene rings is 1. The maximum Gasteiger partial charge on any atom is 0.137 e. The van der Waals surface area contributed by atoms with Crippen LogP contribution in [-0.4, -0.2) is 4.57 Å². The zero-order valence-electron chi connectivity index (χ0n) is 6.51. The number of hydrogen-bond acceptors (Lipinski definition) is 0. The predicted octanol–water partition coefficient (Wildman–Crippen LogP) is 2.92. The third-order valence-electron chi connectivity index (χ3n) is 1.95. The van der Waals surface area contributed by atoms with Crippen molar-refractivity contribution in [2.24, 2.45) is 7.05 Å². The number of halogens is 2. The van der Waals surface area contributed by atoms with Crippen LogP contribution >= 0.6 is 22.6 Å². The van der Waals surface area contributed by atoms with Gasteiger partial charge in [0.25, 0.3) is 0 Å². The Bertz CT molecular complexity index is 433. The molecule has 1 nitrogen and oxygen atoms in total. The SMILES string of the molecule is Cn1ccc2c(I)c(F)ccc21. The molecule has 1 aromatic carbocycles. The van der Waals surface area contributed by atoms with Gasteiger partial charge in [0.1, 0.15) is 5.82 Å². The fourth-order valence-corrected chi connectivity index (χ4v) is 1.92. The molecule has 0 aliphatic carbocycles. The van der Waals surface area contributed by atoms with Crippen molar-refractivity contribution in [2.45, 2.75) is 0 Å². The summed E-state index contributed by atoms with van der Waals surface area (Å²) in [6, 6.07) is 5.23. The highest BCUT2D eigenvalue weighted by molar-refractivity contribution is 14.1. The Morgan fingerprint density at radius 1 is 1.33 bits per heavy atom. The number of nitrogens with zero attached hydrogens (tertiary/aromatic N) is 1. The molecule has 0 bridgehead atoms. The summed E-state index contributed by atoms with van der Waals surface area (Å²) < 4.78 is 15.7. The molecule has 0 amide bonds. The van der Waals surface area contributed by atoms with E-state index in [4.69, 9.17) is 0 Å². The van der Waals surface area contributed by atoms with E-state index in [1.54, 1.807) is 6.07 Å². The van der Waals surface area contributed by atoms with Gasteiger partial charge in [0.05, 0.1) is 3.57 Å². The molecule has 0 unspecified atom stereocenters. The highest BCUT2D eigenvalue weighted by Crippen LogP contribution is 2.23. The third-order valence-corrected chi connectivity index (χ3v) is 3.05. The van der Waals surface area contributed by atoms with Crippen molar-refractivity contribution >= 4 is 33.5 Å². The molecule has 2 aromatic rings. The molecule has 0 N–H and O–H groups in total. The first-order valence-corrected chi connectivity index (χ1v) is 4.67. The van der Waals surface area contributed by atoms with Gasteiger partial charge in [-0.15, -0.1) is 0 Å². The molecule has 0 saturated carbocycles. The summed E-state index contributed by atoms with van der Waals surface area (Å²) in [5.74, 6) is -0.144. The Balaban J connectivity index is 2.93. The van der Waals surface area contributed by atoms with E-state index in [0.29, 0.717) is 3.57 Å². The van der Waals surface area contributed by atoms with Crippen molar-refractivity contribution in [1.82, 2.24) is 4.57 Å². The highest BCUT2D eigenvalue weighted by Gasteiger charge is 2.05. The molecular formula is C9H7FIN. The van der Waals surface area contributed by atoms with E-state index in [0.717, 1.165) is 10.9 Å². The lowest BCUT2D eigenvalue weighted by Gasteiger charge is -1.98. The average molecular weight is 275 g/mol. The van der Waals surface area contributed by atoms with Gasteiger partial charge in [-0.2, -0.15) is 0 Å². The molecule has 2 rings (SSSR count). The molecule has 0 atom stereocenters. The van der Waals surface area contributed by atoms with Crippen molar-refractivity contribution in [3.63, 3.8) is 0 Å². The summed E-state index contributed by atoms with van der Waals surface area (Å²) in [5, 5.41) is 0.984.